The Kier molecular flexibility index (Phi) is 20.7. The van der Waals surface area contributed by atoms with Crippen LogP contribution in [0.3, 0.4) is 0 Å². The first-order valence-electron chi connectivity index (χ1n) is 8.31. The molecule has 0 spiro atoms. The Morgan fingerprint density at radius 2 is 1.07 bits per heavy atom. The van der Waals surface area contributed by atoms with E-state index >= 15 is 0 Å². The molecule has 0 saturated heterocycles. The number of guanidine groups is 2. The van der Waals surface area contributed by atoms with Gasteiger partial charge in [-0.25, -0.2) is 30.7 Å². The third-order valence-electron chi connectivity index (χ3n) is 2.81. The molecule has 0 bridgehead atoms. The number of rotatable bonds is 0. The van der Waals surface area contributed by atoms with Gasteiger partial charge in [-0.15, -0.1) is 12.8 Å². The van der Waals surface area contributed by atoms with Gasteiger partial charge >= 0.3 is 17.1 Å². The first-order valence-corrected chi connectivity index (χ1v) is 8.31. The summed E-state index contributed by atoms with van der Waals surface area (Å²) in [4.78, 5) is 7.00. The fraction of sp³-hybridized carbons (Fsp3) is 0.400. The SMILES string of the molecule is CN(C)C(=N)N(C)C.CN(C)C(=N)N(C)C.[CH]1[CH][CH-]C=C1.[Mn+2].c1cc[cH-]c1. The van der Waals surface area contributed by atoms with E-state index in [1.165, 1.54) is 0 Å². The van der Waals surface area contributed by atoms with Gasteiger partial charge < -0.3 is 19.6 Å². The van der Waals surface area contributed by atoms with Crippen molar-refractivity contribution in [2.24, 2.45) is 0 Å². The molecule has 0 atom stereocenters. The summed E-state index contributed by atoms with van der Waals surface area (Å²) in [5.41, 5.74) is 0. The van der Waals surface area contributed by atoms with Crippen LogP contribution in [0.25, 0.3) is 0 Å². The Balaban J connectivity index is -0.000000286. The Bertz CT molecular complexity index is 411. The average molecular weight is 415 g/mol. The second-order valence-electron chi connectivity index (χ2n) is 6.15. The van der Waals surface area contributed by atoms with Crippen LogP contribution >= 0.6 is 0 Å². The number of hydrogen-bond acceptors (Lipinski definition) is 2. The van der Waals surface area contributed by atoms with Gasteiger partial charge in [0.15, 0.2) is 11.9 Å². The molecule has 2 N–H and O–H groups in total. The topological polar surface area (TPSA) is 60.7 Å². The number of hydrogen-bond donors (Lipinski definition) is 2. The maximum Gasteiger partial charge on any atom is 2.00 e. The smallest absolute Gasteiger partial charge is 0.349 e. The van der Waals surface area contributed by atoms with Crippen LogP contribution in [0, 0.1) is 30.1 Å². The van der Waals surface area contributed by atoms with Gasteiger partial charge in [0.25, 0.3) is 0 Å². The summed E-state index contributed by atoms with van der Waals surface area (Å²) < 4.78 is 0. The second kappa shape index (κ2) is 18.8. The van der Waals surface area contributed by atoms with Crippen molar-refractivity contribution in [1.29, 1.82) is 10.8 Å². The fourth-order valence-electron chi connectivity index (χ4n) is 1.44. The van der Waals surface area contributed by atoms with Crippen molar-refractivity contribution in [1.82, 2.24) is 19.6 Å². The van der Waals surface area contributed by atoms with E-state index in [1.807, 2.05) is 118 Å². The van der Waals surface area contributed by atoms with E-state index in [0.29, 0.717) is 11.9 Å². The van der Waals surface area contributed by atoms with E-state index in [1.54, 1.807) is 19.6 Å². The van der Waals surface area contributed by atoms with Crippen LogP contribution in [0.1, 0.15) is 0 Å². The molecule has 0 heterocycles. The van der Waals surface area contributed by atoms with E-state index in [-0.39, 0.29) is 17.1 Å². The van der Waals surface area contributed by atoms with Gasteiger partial charge in [-0.05, 0) is 0 Å². The summed E-state index contributed by atoms with van der Waals surface area (Å²) in [7, 11) is 14.8. The van der Waals surface area contributed by atoms with Crippen LogP contribution in [0.5, 0.6) is 0 Å². The normalized spacial score (nSPS) is 10.1. The summed E-state index contributed by atoms with van der Waals surface area (Å²) in [5, 5.41) is 14.5. The molecule has 0 saturated carbocycles. The van der Waals surface area contributed by atoms with Crippen LogP contribution < -0.4 is 0 Å². The van der Waals surface area contributed by atoms with Crippen molar-refractivity contribution in [3.63, 3.8) is 0 Å². The summed E-state index contributed by atoms with van der Waals surface area (Å²) in [6.45, 7) is 0. The van der Waals surface area contributed by atoms with Crippen molar-refractivity contribution < 1.29 is 17.1 Å². The van der Waals surface area contributed by atoms with Crippen LogP contribution in [0.4, 0.5) is 0 Å². The summed E-state index contributed by atoms with van der Waals surface area (Å²) in [6, 6.07) is 10.0. The third-order valence-corrected chi connectivity index (χ3v) is 2.81. The molecule has 0 amide bonds. The minimum atomic E-state index is 0. The molecule has 0 aliphatic heterocycles. The monoisotopic (exact) mass is 415 g/mol. The minimum Gasteiger partial charge on any atom is -0.349 e. The summed E-state index contributed by atoms with van der Waals surface area (Å²) >= 11 is 0. The van der Waals surface area contributed by atoms with Gasteiger partial charge in [0, 0.05) is 56.4 Å². The van der Waals surface area contributed by atoms with Crippen LogP contribution in [-0.2, 0) is 17.1 Å². The molecule has 7 heteroatoms. The van der Waals surface area contributed by atoms with Gasteiger partial charge in [-0.2, -0.15) is 18.2 Å². The van der Waals surface area contributed by atoms with Gasteiger partial charge in [-0.3, -0.25) is 10.8 Å². The first kappa shape index (κ1) is 29.8. The van der Waals surface area contributed by atoms with Crippen molar-refractivity contribution in [2.45, 2.75) is 0 Å². The van der Waals surface area contributed by atoms with E-state index in [0.717, 1.165) is 0 Å². The van der Waals surface area contributed by atoms with Gasteiger partial charge in [0.2, 0.25) is 0 Å². The molecule has 1 aromatic carbocycles. The number of allylic oxidation sites excluding steroid dienone is 2. The Hall–Kier alpha value is -1.98. The van der Waals surface area contributed by atoms with Crippen molar-refractivity contribution in [3.8, 4) is 0 Å². The molecule has 27 heavy (non-hydrogen) atoms. The zero-order chi connectivity index (χ0) is 20.5. The molecule has 1 aromatic rings. The van der Waals surface area contributed by atoms with E-state index in [9.17, 15) is 0 Å². The number of nitrogens with one attached hydrogen (secondary N) is 2. The summed E-state index contributed by atoms with van der Waals surface area (Å²) in [6.07, 6.45) is 10.0. The molecular formula is C20H36MnN6. The van der Waals surface area contributed by atoms with Gasteiger partial charge in [0.05, 0.1) is 0 Å². The average Bonchev–Trinajstić information content (AvgIpc) is 3.30. The van der Waals surface area contributed by atoms with Gasteiger partial charge in [0.1, 0.15) is 0 Å². The molecule has 0 aromatic heterocycles. The molecule has 1 aliphatic rings. The quantitative estimate of drug-likeness (QED) is 0.296. The van der Waals surface area contributed by atoms with Crippen LogP contribution in [0.2, 0.25) is 0 Å². The zero-order valence-electron chi connectivity index (χ0n) is 17.9. The van der Waals surface area contributed by atoms with E-state index in [4.69, 9.17) is 10.8 Å². The Morgan fingerprint density at radius 3 is 1.15 bits per heavy atom. The largest absolute Gasteiger partial charge is 2.00 e. The predicted molar refractivity (Wildman–Crippen MR) is 114 cm³/mol. The van der Waals surface area contributed by atoms with Crippen LogP contribution in [-0.4, -0.2) is 87.9 Å². The van der Waals surface area contributed by atoms with Crippen molar-refractivity contribution in [2.75, 3.05) is 56.4 Å². The predicted octanol–water partition coefficient (Wildman–Crippen LogP) is 2.66. The third kappa shape index (κ3) is 20.2. The summed E-state index contributed by atoms with van der Waals surface area (Å²) in [5.74, 6) is 1.04. The zero-order valence-corrected chi connectivity index (χ0v) is 19.1. The van der Waals surface area contributed by atoms with Crippen LogP contribution in [0.15, 0.2) is 42.5 Å². The molecule has 2 rings (SSSR count). The Morgan fingerprint density at radius 1 is 0.704 bits per heavy atom. The molecule has 0 unspecified atom stereocenters. The first-order chi connectivity index (χ1) is 12.1. The molecular weight excluding hydrogens is 379 g/mol. The molecule has 6 nitrogen and oxygen atoms in total. The minimum absolute atomic E-state index is 0. The molecule has 153 valence electrons. The van der Waals surface area contributed by atoms with E-state index < -0.39 is 0 Å². The van der Waals surface area contributed by atoms with Gasteiger partial charge in [-0.1, -0.05) is 0 Å². The second-order valence-corrected chi connectivity index (χ2v) is 6.15. The Labute approximate surface area is 177 Å². The molecule has 0 fully saturated rings. The molecule has 1 aliphatic carbocycles. The van der Waals surface area contributed by atoms with Crippen molar-refractivity contribution >= 4 is 11.9 Å². The number of nitrogens with zero attached hydrogens (tertiary/aromatic N) is 4. The maximum absolute atomic E-state index is 7.25. The maximum atomic E-state index is 7.25. The van der Waals surface area contributed by atoms with Crippen molar-refractivity contribution in [3.05, 3.63) is 61.7 Å². The standard InChI is InChI=1S/2C5H13N3.2C5H5.Mn/c2*1-7(2)5(6)8(3)4;2*1-2-4-5-3-1;/h2*6H,1-4H3;2*1-5H;/q;;2*-1;+2. The molecule has 3 radical (unpaired) electrons. The van der Waals surface area contributed by atoms with E-state index in [2.05, 4.69) is 0 Å². The fourth-order valence-corrected chi connectivity index (χ4v) is 1.44.